The lowest BCUT2D eigenvalue weighted by molar-refractivity contribution is 0.244. The maximum Gasteiger partial charge on any atom is 0.415 e. The molecule has 1 unspecified atom stereocenters. The molecule has 0 aliphatic carbocycles. The highest BCUT2D eigenvalue weighted by atomic mass is 28.4. The van der Waals surface area contributed by atoms with Crippen LogP contribution < -0.4 is 5.19 Å². The summed E-state index contributed by atoms with van der Waals surface area (Å²) in [6.07, 6.45) is 1.98. The first-order valence-electron chi connectivity index (χ1n) is 4.70. The van der Waals surface area contributed by atoms with Gasteiger partial charge in [-0.1, -0.05) is 30.3 Å². The third kappa shape index (κ3) is 1.81. The van der Waals surface area contributed by atoms with Gasteiger partial charge in [-0.2, -0.15) is 0 Å². The third-order valence-corrected chi connectivity index (χ3v) is 5.28. The van der Waals surface area contributed by atoms with Gasteiger partial charge < -0.3 is 4.43 Å². The lowest BCUT2D eigenvalue weighted by atomic mass is 10.3. The maximum atomic E-state index is 14.2. The summed E-state index contributed by atoms with van der Waals surface area (Å²) in [6.45, 7) is 0.595. The molecule has 0 radical (unpaired) electrons. The summed E-state index contributed by atoms with van der Waals surface area (Å²) >= 11 is 0. The summed E-state index contributed by atoms with van der Waals surface area (Å²) in [5.41, 5.74) is 0. The molecule has 1 atom stereocenters. The van der Waals surface area contributed by atoms with E-state index in [1.54, 1.807) is 0 Å². The van der Waals surface area contributed by atoms with Crippen LogP contribution in [0.15, 0.2) is 30.3 Å². The van der Waals surface area contributed by atoms with Crippen LogP contribution in [-0.4, -0.2) is 15.3 Å². The third-order valence-electron chi connectivity index (χ3n) is 2.43. The Balaban J connectivity index is 2.23. The molecule has 0 saturated carbocycles. The van der Waals surface area contributed by atoms with Crippen molar-refractivity contribution in [1.82, 2.24) is 0 Å². The minimum atomic E-state index is -3.01. The molecule has 2 rings (SSSR count). The first-order valence-corrected chi connectivity index (χ1v) is 6.69. The van der Waals surface area contributed by atoms with Crippen LogP contribution in [0.4, 0.5) is 4.11 Å². The van der Waals surface area contributed by atoms with Crippen molar-refractivity contribution in [1.29, 1.82) is 0 Å². The maximum absolute atomic E-state index is 14.2. The zero-order valence-electron chi connectivity index (χ0n) is 7.50. The molecule has 0 spiro atoms. The van der Waals surface area contributed by atoms with Crippen molar-refractivity contribution in [3.63, 3.8) is 0 Å². The number of halogens is 1. The average molecular weight is 196 g/mol. The molecule has 1 saturated heterocycles. The molecule has 1 heterocycles. The zero-order chi connectivity index (χ0) is 9.15. The molecule has 1 aliphatic rings. The van der Waals surface area contributed by atoms with Crippen LogP contribution in [0.25, 0.3) is 0 Å². The van der Waals surface area contributed by atoms with Crippen molar-refractivity contribution in [2.45, 2.75) is 18.9 Å². The Morgan fingerprint density at radius 3 is 2.54 bits per heavy atom. The van der Waals surface area contributed by atoms with E-state index in [-0.39, 0.29) is 0 Å². The zero-order valence-corrected chi connectivity index (χ0v) is 8.50. The van der Waals surface area contributed by atoms with Crippen LogP contribution in [0.2, 0.25) is 6.04 Å². The van der Waals surface area contributed by atoms with Gasteiger partial charge in [-0.05, 0) is 24.1 Å². The Bertz CT molecular complexity index is 270. The van der Waals surface area contributed by atoms with Crippen molar-refractivity contribution >= 4 is 13.8 Å². The van der Waals surface area contributed by atoms with E-state index < -0.39 is 8.65 Å². The van der Waals surface area contributed by atoms with E-state index in [0.717, 1.165) is 18.0 Å². The Morgan fingerprint density at radius 1 is 1.15 bits per heavy atom. The fraction of sp³-hybridized carbons (Fsp3) is 0.400. The fourth-order valence-electron chi connectivity index (χ4n) is 1.68. The van der Waals surface area contributed by atoms with Gasteiger partial charge in [0.15, 0.2) is 0 Å². The van der Waals surface area contributed by atoms with Crippen LogP contribution in [0.5, 0.6) is 0 Å². The van der Waals surface area contributed by atoms with Crippen molar-refractivity contribution in [3.8, 4) is 0 Å². The number of benzene rings is 1. The van der Waals surface area contributed by atoms with Gasteiger partial charge in [0.05, 0.1) is 0 Å². The van der Waals surface area contributed by atoms with E-state index in [2.05, 4.69) is 0 Å². The summed E-state index contributed by atoms with van der Waals surface area (Å²) in [4.78, 5) is 0. The van der Waals surface area contributed by atoms with Crippen molar-refractivity contribution in [2.75, 3.05) is 6.61 Å². The molecule has 0 N–H and O–H groups in total. The first kappa shape index (κ1) is 8.90. The van der Waals surface area contributed by atoms with Crippen LogP contribution in [0.3, 0.4) is 0 Å². The summed E-state index contributed by atoms with van der Waals surface area (Å²) in [7, 11) is -3.01. The number of hydrogen-bond donors (Lipinski definition) is 0. The number of rotatable bonds is 1. The van der Waals surface area contributed by atoms with Crippen LogP contribution >= 0.6 is 0 Å². The predicted molar refractivity (Wildman–Crippen MR) is 52.9 cm³/mol. The van der Waals surface area contributed by atoms with Gasteiger partial charge in [0.1, 0.15) is 0 Å². The van der Waals surface area contributed by atoms with E-state index in [1.807, 2.05) is 30.3 Å². The van der Waals surface area contributed by atoms with Crippen molar-refractivity contribution < 1.29 is 8.53 Å². The van der Waals surface area contributed by atoms with E-state index in [0.29, 0.717) is 12.7 Å². The van der Waals surface area contributed by atoms with Crippen molar-refractivity contribution in [2.24, 2.45) is 0 Å². The summed E-state index contributed by atoms with van der Waals surface area (Å²) in [5.74, 6) is 0. The molecule has 1 fully saturated rings. The van der Waals surface area contributed by atoms with E-state index >= 15 is 0 Å². The minimum absolute atomic E-state index is 0.595. The smallest absolute Gasteiger partial charge is 0.388 e. The van der Waals surface area contributed by atoms with Gasteiger partial charge >= 0.3 is 8.65 Å². The normalized spacial score (nSPS) is 28.7. The van der Waals surface area contributed by atoms with Crippen LogP contribution in [0, 0.1) is 0 Å². The molecule has 1 nitrogen and oxygen atoms in total. The molecule has 3 heteroatoms. The highest BCUT2D eigenvalue weighted by Crippen LogP contribution is 2.22. The fourth-order valence-corrected chi connectivity index (χ4v) is 4.14. The van der Waals surface area contributed by atoms with Crippen LogP contribution in [0.1, 0.15) is 12.8 Å². The second-order valence-electron chi connectivity index (χ2n) is 3.40. The van der Waals surface area contributed by atoms with Gasteiger partial charge in [0.25, 0.3) is 0 Å². The molecule has 1 aromatic rings. The Hall–Kier alpha value is -0.673. The standard InChI is InChI=1S/C10H13FOSi/c11-13(9-5-4-8-12-13)10-6-2-1-3-7-10/h1-3,6-7H,4-5,8-9H2. The molecular weight excluding hydrogens is 183 g/mol. The van der Waals surface area contributed by atoms with E-state index in [4.69, 9.17) is 4.43 Å². The van der Waals surface area contributed by atoms with Gasteiger partial charge in [-0.3, -0.25) is 4.11 Å². The quantitative estimate of drug-likeness (QED) is 0.494. The number of hydrogen-bond acceptors (Lipinski definition) is 1. The summed E-state index contributed by atoms with van der Waals surface area (Å²) in [5, 5.41) is 0.787. The summed E-state index contributed by atoms with van der Waals surface area (Å²) < 4.78 is 19.5. The molecule has 0 bridgehead atoms. The Kier molecular flexibility index (Phi) is 2.46. The largest absolute Gasteiger partial charge is 0.415 e. The molecule has 13 heavy (non-hydrogen) atoms. The average Bonchev–Trinajstić information content (AvgIpc) is 2.20. The molecule has 70 valence electrons. The first-order chi connectivity index (χ1) is 6.31. The molecular formula is C10H13FOSi. The van der Waals surface area contributed by atoms with Gasteiger partial charge in [-0.15, -0.1) is 0 Å². The lowest BCUT2D eigenvalue weighted by Gasteiger charge is -2.26. The minimum Gasteiger partial charge on any atom is -0.388 e. The van der Waals surface area contributed by atoms with E-state index in [1.165, 1.54) is 0 Å². The Morgan fingerprint density at radius 2 is 1.92 bits per heavy atom. The van der Waals surface area contributed by atoms with Crippen LogP contribution in [-0.2, 0) is 4.43 Å². The lowest BCUT2D eigenvalue weighted by Crippen LogP contribution is -2.48. The second-order valence-corrected chi connectivity index (χ2v) is 6.22. The molecule has 0 amide bonds. The second kappa shape index (κ2) is 3.60. The Labute approximate surface area is 78.8 Å². The highest BCUT2D eigenvalue weighted by molar-refractivity contribution is 6.80. The molecule has 1 aliphatic heterocycles. The topological polar surface area (TPSA) is 9.23 Å². The van der Waals surface area contributed by atoms with E-state index in [9.17, 15) is 4.11 Å². The monoisotopic (exact) mass is 196 g/mol. The SMILES string of the molecule is F[Si]1(c2ccccc2)CCCCO1. The van der Waals surface area contributed by atoms with Gasteiger partial charge in [0.2, 0.25) is 0 Å². The van der Waals surface area contributed by atoms with Gasteiger partial charge in [0, 0.05) is 6.61 Å². The molecule has 1 aromatic carbocycles. The van der Waals surface area contributed by atoms with Crippen molar-refractivity contribution in [3.05, 3.63) is 30.3 Å². The predicted octanol–water partition coefficient (Wildman–Crippen LogP) is 2.12. The molecule has 0 aromatic heterocycles. The summed E-state index contributed by atoms with van der Waals surface area (Å²) in [6, 6.07) is 9.97. The highest BCUT2D eigenvalue weighted by Gasteiger charge is 2.40. The van der Waals surface area contributed by atoms with Gasteiger partial charge in [-0.25, -0.2) is 0 Å².